The van der Waals surface area contributed by atoms with Gasteiger partial charge >= 0.3 is 29.6 Å². The van der Waals surface area contributed by atoms with E-state index in [9.17, 15) is 28.3 Å². The third kappa shape index (κ3) is 4.69. The summed E-state index contributed by atoms with van der Waals surface area (Å²) in [5.74, 6) is 0. The van der Waals surface area contributed by atoms with Gasteiger partial charge in [0.25, 0.3) is 0 Å². The van der Waals surface area contributed by atoms with Crippen LogP contribution in [0.1, 0.15) is 0 Å². The summed E-state index contributed by atoms with van der Waals surface area (Å²) in [5.41, 5.74) is 0. The minimum Gasteiger partial charge on any atom is -0.735 e. The first kappa shape index (κ1) is 17.7. The third-order valence-corrected chi connectivity index (χ3v) is 2.74. The minimum atomic E-state index is -4.91. The van der Waals surface area contributed by atoms with Crippen LogP contribution < -0.4 is 34.3 Å². The Hall–Kier alpha value is 0.670. The molecule has 0 aromatic carbocycles. The van der Waals surface area contributed by atoms with E-state index < -0.39 is 47.6 Å². The molecule has 9 nitrogen and oxygen atoms in total. The predicted octanol–water partition coefficient (Wildman–Crippen LogP) is -7.16. The molecule has 1 saturated heterocycles. The van der Waals surface area contributed by atoms with Crippen molar-refractivity contribution in [3.63, 3.8) is 0 Å². The molecule has 11 heteroatoms. The van der Waals surface area contributed by atoms with Crippen LogP contribution in [0.15, 0.2) is 0 Å². The molecule has 1 rings (SSSR count). The number of aliphatic hydroxyl groups is 4. The Labute approximate surface area is 120 Å². The van der Waals surface area contributed by atoms with Crippen LogP contribution in [0.25, 0.3) is 0 Å². The Morgan fingerprint density at radius 3 is 2.18 bits per heavy atom. The summed E-state index contributed by atoms with van der Waals surface area (Å²) in [5, 5.41) is 36.7. The van der Waals surface area contributed by atoms with E-state index >= 15 is 0 Å². The maximum Gasteiger partial charge on any atom is 1.00 e. The first-order valence-corrected chi connectivity index (χ1v) is 5.70. The normalized spacial score (nSPS) is 38.5. The molecule has 0 radical (unpaired) electrons. The van der Waals surface area contributed by atoms with Crippen LogP contribution in [0.4, 0.5) is 0 Å². The molecular weight excluding hydrogens is 269 g/mol. The van der Waals surface area contributed by atoms with Gasteiger partial charge in [0.05, 0.1) is 12.6 Å². The van der Waals surface area contributed by atoms with Gasteiger partial charge in [-0.25, -0.2) is 13.1 Å². The van der Waals surface area contributed by atoms with E-state index in [4.69, 9.17) is 5.11 Å². The summed E-state index contributed by atoms with van der Waals surface area (Å²) < 4.78 is 37.1. The summed E-state index contributed by atoms with van der Waals surface area (Å²) in [7, 11) is -4.91. The van der Waals surface area contributed by atoms with E-state index in [0.717, 1.165) is 0 Å². The second-order valence-corrected chi connectivity index (χ2v) is 4.47. The molecule has 1 aliphatic heterocycles. The smallest absolute Gasteiger partial charge is 0.735 e. The second-order valence-electron chi connectivity index (χ2n) is 3.33. The first-order valence-electron chi connectivity index (χ1n) is 4.30. The molecule has 1 fully saturated rings. The number of hydrogen-bond acceptors (Lipinski definition) is 8. The van der Waals surface area contributed by atoms with Crippen molar-refractivity contribution in [1.82, 2.24) is 4.72 Å². The summed E-state index contributed by atoms with van der Waals surface area (Å²) >= 11 is 0. The molecule has 0 amide bonds. The van der Waals surface area contributed by atoms with Crippen LogP contribution in [-0.2, 0) is 15.0 Å². The molecular formula is C6H12NNaO8S. The molecule has 0 bridgehead atoms. The molecule has 1 heterocycles. The maximum atomic E-state index is 10.4. The molecule has 0 spiro atoms. The van der Waals surface area contributed by atoms with E-state index in [0.29, 0.717) is 0 Å². The fourth-order valence-electron chi connectivity index (χ4n) is 1.39. The third-order valence-electron chi connectivity index (χ3n) is 2.18. The topological polar surface area (TPSA) is 159 Å². The molecule has 5 N–H and O–H groups in total. The molecule has 0 aromatic rings. The van der Waals surface area contributed by atoms with Crippen molar-refractivity contribution in [2.75, 3.05) is 6.61 Å². The number of rotatable bonds is 3. The molecule has 1 aliphatic rings. The van der Waals surface area contributed by atoms with Crippen molar-refractivity contribution in [3.05, 3.63) is 0 Å². The fraction of sp³-hybridized carbons (Fsp3) is 1.00. The summed E-state index contributed by atoms with van der Waals surface area (Å²) in [4.78, 5) is 0. The van der Waals surface area contributed by atoms with Gasteiger partial charge in [0.1, 0.15) is 18.3 Å². The van der Waals surface area contributed by atoms with Crippen LogP contribution >= 0.6 is 0 Å². The molecule has 0 aromatic heterocycles. The van der Waals surface area contributed by atoms with E-state index in [1.165, 1.54) is 4.72 Å². The number of hydrogen-bond donors (Lipinski definition) is 5. The first-order chi connectivity index (χ1) is 7.26. The Bertz CT molecular complexity index is 337. The van der Waals surface area contributed by atoms with Crippen LogP contribution in [0.5, 0.6) is 0 Å². The molecule has 17 heavy (non-hydrogen) atoms. The zero-order valence-corrected chi connectivity index (χ0v) is 11.7. The Morgan fingerprint density at radius 1 is 1.24 bits per heavy atom. The van der Waals surface area contributed by atoms with Gasteiger partial charge in [-0.15, -0.1) is 0 Å². The van der Waals surface area contributed by atoms with Crippen molar-refractivity contribution in [2.24, 2.45) is 0 Å². The van der Waals surface area contributed by atoms with Gasteiger partial charge in [0.15, 0.2) is 16.6 Å². The van der Waals surface area contributed by atoms with Crippen LogP contribution in [0.3, 0.4) is 0 Å². The van der Waals surface area contributed by atoms with Gasteiger partial charge < -0.3 is 29.7 Å². The molecule has 96 valence electrons. The van der Waals surface area contributed by atoms with Crippen molar-refractivity contribution >= 4 is 10.3 Å². The Balaban J connectivity index is 0.00000256. The monoisotopic (exact) mass is 281 g/mol. The number of ether oxygens (including phenoxy) is 1. The van der Waals surface area contributed by atoms with Gasteiger partial charge in [0, 0.05) is 0 Å². The van der Waals surface area contributed by atoms with Crippen molar-refractivity contribution < 1.29 is 67.7 Å². The van der Waals surface area contributed by atoms with Crippen LogP contribution in [-0.4, -0.2) is 70.6 Å². The second kappa shape index (κ2) is 6.73. The van der Waals surface area contributed by atoms with E-state index in [2.05, 4.69) is 4.74 Å². The predicted molar refractivity (Wildman–Crippen MR) is 46.6 cm³/mol. The van der Waals surface area contributed by atoms with Gasteiger partial charge in [-0.05, 0) is 0 Å². The Kier molecular flexibility index (Phi) is 6.99. The molecule has 5 atom stereocenters. The standard InChI is InChI=1S/C6H13NO8S.Na/c8-1-2-4(9)5(10)3(6(11)15-2)7-16(12,13)14;/h2-11H,1H2,(H,12,13,14);/q;+1/p-1/t2-,3-,4-,5-,6+;/m1./s1. The van der Waals surface area contributed by atoms with Crippen molar-refractivity contribution in [1.29, 1.82) is 0 Å². The van der Waals surface area contributed by atoms with Crippen molar-refractivity contribution in [3.8, 4) is 0 Å². The van der Waals surface area contributed by atoms with Crippen LogP contribution in [0.2, 0.25) is 0 Å². The van der Waals surface area contributed by atoms with Gasteiger partial charge in [0.2, 0.25) is 0 Å². The largest absolute Gasteiger partial charge is 1.00 e. The quantitative estimate of drug-likeness (QED) is 0.252. The SMILES string of the molecule is O=S(=O)([O-])N[C@@H]1[C@@H](O)[C@H](O)[C@@H](CO)O[C@@H]1O.[Na+]. The molecule has 0 unspecified atom stereocenters. The minimum absolute atomic E-state index is 0. The van der Waals surface area contributed by atoms with Gasteiger partial charge in [-0.3, -0.25) is 0 Å². The van der Waals surface area contributed by atoms with Crippen LogP contribution in [0, 0.1) is 0 Å². The Morgan fingerprint density at radius 2 is 1.76 bits per heavy atom. The fourth-order valence-corrected chi connectivity index (χ4v) is 1.98. The maximum absolute atomic E-state index is 10.4. The summed E-state index contributed by atoms with van der Waals surface area (Å²) in [6, 6.07) is -1.68. The van der Waals surface area contributed by atoms with E-state index in [1.807, 2.05) is 0 Å². The number of aliphatic hydroxyl groups excluding tert-OH is 4. The summed E-state index contributed by atoms with van der Waals surface area (Å²) in [6.45, 7) is -0.674. The zero-order chi connectivity index (χ0) is 12.5. The average molecular weight is 281 g/mol. The van der Waals surface area contributed by atoms with Gasteiger partial charge in [-0.2, -0.15) is 0 Å². The molecule has 0 aliphatic carbocycles. The summed E-state index contributed by atoms with van der Waals surface area (Å²) in [6.07, 6.45) is -6.46. The van der Waals surface area contributed by atoms with Gasteiger partial charge in [-0.1, -0.05) is 0 Å². The van der Waals surface area contributed by atoms with Crippen molar-refractivity contribution in [2.45, 2.75) is 30.6 Å². The van der Waals surface area contributed by atoms with E-state index in [1.54, 1.807) is 0 Å². The zero-order valence-electron chi connectivity index (χ0n) is 8.92. The number of nitrogens with one attached hydrogen (secondary N) is 1. The van der Waals surface area contributed by atoms with E-state index in [-0.39, 0.29) is 29.6 Å². The molecule has 0 saturated carbocycles. The average Bonchev–Trinajstić information content (AvgIpc) is 2.17.